The third kappa shape index (κ3) is 5.09. The van der Waals surface area contributed by atoms with E-state index in [0.29, 0.717) is 13.0 Å². The molecule has 2 heterocycles. The molecule has 0 saturated carbocycles. The number of thiophene rings is 1. The molecule has 0 aliphatic carbocycles. The van der Waals surface area contributed by atoms with Gasteiger partial charge < -0.3 is 9.80 Å². The average molecular weight is 512 g/mol. The highest BCUT2D eigenvalue weighted by atomic mass is 35.5. The zero-order chi connectivity index (χ0) is 25.1. The summed E-state index contributed by atoms with van der Waals surface area (Å²) in [5.74, 6) is -0.593. The van der Waals surface area contributed by atoms with Gasteiger partial charge in [-0.15, -0.1) is 11.3 Å². The standard InChI is InChI=1S/C26H26ClN3O4S/c1-3-17(2)29(26(32)19-9-10-21(27)22(15-19)30(33)34)16-24(31)28-13-11-23-20(12-14-35-23)25(28)18-7-5-4-6-8-18/h4-10,12,14-15,17,25H,3,11,13,16H2,1-2H3. The fourth-order valence-electron chi connectivity index (χ4n) is 4.42. The average Bonchev–Trinajstić information content (AvgIpc) is 3.35. The highest BCUT2D eigenvalue weighted by Crippen LogP contribution is 2.38. The van der Waals surface area contributed by atoms with Crippen molar-refractivity contribution in [3.8, 4) is 0 Å². The Morgan fingerprint density at radius 1 is 1.23 bits per heavy atom. The summed E-state index contributed by atoms with van der Waals surface area (Å²) in [6.07, 6.45) is 1.40. The van der Waals surface area contributed by atoms with E-state index in [-0.39, 0.29) is 40.8 Å². The predicted octanol–water partition coefficient (Wildman–Crippen LogP) is 5.72. The minimum Gasteiger partial charge on any atom is -0.330 e. The Kier molecular flexibility index (Phi) is 7.52. The third-order valence-electron chi connectivity index (χ3n) is 6.48. The fraction of sp³-hybridized carbons (Fsp3) is 0.308. The maximum absolute atomic E-state index is 13.7. The number of benzene rings is 2. The molecule has 0 bridgehead atoms. The van der Waals surface area contributed by atoms with Gasteiger partial charge in [0, 0.05) is 29.1 Å². The van der Waals surface area contributed by atoms with E-state index in [1.54, 1.807) is 11.3 Å². The first-order valence-corrected chi connectivity index (χ1v) is 12.7. The van der Waals surface area contributed by atoms with E-state index in [9.17, 15) is 19.7 Å². The molecule has 2 atom stereocenters. The number of nitrogens with zero attached hydrogens (tertiary/aromatic N) is 3. The number of nitro groups is 1. The number of halogens is 1. The first kappa shape index (κ1) is 24.9. The minimum absolute atomic E-state index is 0.0386. The first-order chi connectivity index (χ1) is 16.8. The number of hydrogen-bond acceptors (Lipinski definition) is 5. The van der Waals surface area contributed by atoms with Gasteiger partial charge in [0.2, 0.25) is 5.91 Å². The van der Waals surface area contributed by atoms with Crippen LogP contribution < -0.4 is 0 Å². The summed E-state index contributed by atoms with van der Waals surface area (Å²) in [7, 11) is 0. The molecule has 2 amide bonds. The summed E-state index contributed by atoms with van der Waals surface area (Å²) in [6, 6.07) is 15.5. The van der Waals surface area contributed by atoms with Crippen molar-refractivity contribution in [3.05, 3.63) is 96.7 Å². The van der Waals surface area contributed by atoms with Crippen LogP contribution in [0.1, 0.15) is 52.7 Å². The summed E-state index contributed by atoms with van der Waals surface area (Å²) in [5, 5.41) is 13.3. The van der Waals surface area contributed by atoms with Gasteiger partial charge in [0.25, 0.3) is 11.6 Å². The molecular formula is C26H26ClN3O4S. The number of carbonyl (C=O) groups excluding carboxylic acids is 2. The van der Waals surface area contributed by atoms with E-state index in [1.165, 1.54) is 28.0 Å². The van der Waals surface area contributed by atoms with E-state index in [0.717, 1.165) is 17.5 Å². The van der Waals surface area contributed by atoms with Crippen molar-refractivity contribution >= 4 is 40.4 Å². The summed E-state index contributed by atoms with van der Waals surface area (Å²) >= 11 is 7.63. The highest BCUT2D eigenvalue weighted by molar-refractivity contribution is 7.10. The molecule has 182 valence electrons. The van der Waals surface area contributed by atoms with Gasteiger partial charge in [0.05, 0.1) is 11.0 Å². The summed E-state index contributed by atoms with van der Waals surface area (Å²) in [5.41, 5.74) is 1.94. The molecule has 0 spiro atoms. The predicted molar refractivity (Wildman–Crippen MR) is 137 cm³/mol. The van der Waals surface area contributed by atoms with Crippen molar-refractivity contribution in [1.82, 2.24) is 9.80 Å². The number of nitro benzene ring substituents is 1. The molecule has 2 unspecified atom stereocenters. The number of fused-ring (bicyclic) bond motifs is 1. The Hall–Kier alpha value is -3.23. The van der Waals surface area contributed by atoms with Crippen LogP contribution in [0.15, 0.2) is 60.0 Å². The maximum atomic E-state index is 13.7. The lowest BCUT2D eigenvalue weighted by atomic mass is 9.93. The van der Waals surface area contributed by atoms with Gasteiger partial charge in [-0.2, -0.15) is 0 Å². The molecule has 0 fully saturated rings. The fourth-order valence-corrected chi connectivity index (χ4v) is 5.51. The summed E-state index contributed by atoms with van der Waals surface area (Å²) in [6.45, 7) is 4.25. The number of hydrogen-bond donors (Lipinski definition) is 0. The summed E-state index contributed by atoms with van der Waals surface area (Å²) < 4.78 is 0. The SMILES string of the molecule is CCC(C)N(CC(=O)N1CCc2sccc2C1c1ccccc1)C(=O)c1ccc(Cl)c([N+](=O)[O-])c1. The second-order valence-electron chi connectivity index (χ2n) is 8.56. The Bertz CT molecular complexity index is 1250. The van der Waals surface area contributed by atoms with E-state index in [4.69, 9.17) is 11.6 Å². The van der Waals surface area contributed by atoms with Gasteiger partial charge in [-0.05, 0) is 54.5 Å². The molecule has 1 aliphatic heterocycles. The number of rotatable bonds is 7. The van der Waals surface area contributed by atoms with Crippen LogP contribution in [0.3, 0.4) is 0 Å². The summed E-state index contributed by atoms with van der Waals surface area (Å²) in [4.78, 5) is 42.5. The van der Waals surface area contributed by atoms with E-state index >= 15 is 0 Å². The monoisotopic (exact) mass is 511 g/mol. The van der Waals surface area contributed by atoms with Crippen LogP contribution in [0.4, 0.5) is 5.69 Å². The van der Waals surface area contributed by atoms with E-state index in [1.807, 2.05) is 49.1 Å². The molecule has 0 N–H and O–H groups in total. The van der Waals surface area contributed by atoms with Crippen molar-refractivity contribution in [1.29, 1.82) is 0 Å². The zero-order valence-electron chi connectivity index (χ0n) is 19.5. The lowest BCUT2D eigenvalue weighted by Crippen LogP contribution is -2.49. The Morgan fingerprint density at radius 2 is 1.97 bits per heavy atom. The van der Waals surface area contributed by atoms with Gasteiger partial charge >= 0.3 is 0 Å². The topological polar surface area (TPSA) is 83.8 Å². The van der Waals surface area contributed by atoms with Crippen molar-refractivity contribution < 1.29 is 14.5 Å². The third-order valence-corrected chi connectivity index (χ3v) is 7.80. The lowest BCUT2D eigenvalue weighted by molar-refractivity contribution is -0.384. The largest absolute Gasteiger partial charge is 0.330 e. The molecule has 35 heavy (non-hydrogen) atoms. The van der Waals surface area contributed by atoms with Crippen molar-refractivity contribution in [2.24, 2.45) is 0 Å². The van der Waals surface area contributed by atoms with Crippen LogP contribution in [0.25, 0.3) is 0 Å². The van der Waals surface area contributed by atoms with Crippen LogP contribution in [-0.2, 0) is 11.2 Å². The van der Waals surface area contributed by atoms with Crippen molar-refractivity contribution in [2.75, 3.05) is 13.1 Å². The van der Waals surface area contributed by atoms with Crippen LogP contribution >= 0.6 is 22.9 Å². The Balaban J connectivity index is 1.64. The van der Waals surface area contributed by atoms with E-state index < -0.39 is 10.8 Å². The van der Waals surface area contributed by atoms with Gasteiger partial charge in [0.15, 0.2) is 0 Å². The highest BCUT2D eigenvalue weighted by Gasteiger charge is 2.35. The van der Waals surface area contributed by atoms with Crippen LogP contribution in [0.5, 0.6) is 0 Å². The smallest absolute Gasteiger partial charge is 0.288 e. The number of carbonyl (C=O) groups is 2. The molecule has 1 aliphatic rings. The van der Waals surface area contributed by atoms with Gasteiger partial charge in [-0.1, -0.05) is 48.9 Å². The second-order valence-corrected chi connectivity index (χ2v) is 9.97. The molecule has 4 rings (SSSR count). The van der Waals surface area contributed by atoms with E-state index in [2.05, 4.69) is 11.4 Å². The van der Waals surface area contributed by atoms with Gasteiger partial charge in [-0.25, -0.2) is 0 Å². The van der Waals surface area contributed by atoms with Crippen LogP contribution in [-0.4, -0.2) is 45.7 Å². The van der Waals surface area contributed by atoms with Crippen LogP contribution in [0, 0.1) is 10.1 Å². The van der Waals surface area contributed by atoms with Crippen molar-refractivity contribution in [3.63, 3.8) is 0 Å². The molecule has 0 saturated heterocycles. The molecule has 7 nitrogen and oxygen atoms in total. The zero-order valence-corrected chi connectivity index (χ0v) is 21.1. The first-order valence-electron chi connectivity index (χ1n) is 11.5. The normalized spacial score (nSPS) is 15.9. The molecule has 2 aromatic carbocycles. The maximum Gasteiger partial charge on any atom is 0.288 e. The van der Waals surface area contributed by atoms with Crippen molar-refractivity contribution in [2.45, 2.75) is 38.8 Å². The quantitative estimate of drug-likeness (QED) is 0.300. The van der Waals surface area contributed by atoms with Gasteiger partial charge in [-0.3, -0.25) is 19.7 Å². The molecule has 1 aromatic heterocycles. The van der Waals surface area contributed by atoms with Crippen LogP contribution in [0.2, 0.25) is 5.02 Å². The number of amides is 2. The second kappa shape index (κ2) is 10.6. The molecule has 3 aromatic rings. The molecule has 0 radical (unpaired) electrons. The molecular weight excluding hydrogens is 486 g/mol. The lowest BCUT2D eigenvalue weighted by Gasteiger charge is -2.38. The molecule has 9 heteroatoms. The minimum atomic E-state index is -0.617. The van der Waals surface area contributed by atoms with Gasteiger partial charge in [0.1, 0.15) is 11.6 Å². The Labute approximate surface area is 213 Å². The Morgan fingerprint density at radius 3 is 2.66 bits per heavy atom.